The molecule has 5 aromatic rings. The summed E-state index contributed by atoms with van der Waals surface area (Å²) in [6.07, 6.45) is 0. The van der Waals surface area contributed by atoms with E-state index in [1.165, 1.54) is 0 Å². The predicted molar refractivity (Wildman–Crippen MR) is 156 cm³/mol. The van der Waals surface area contributed by atoms with E-state index in [4.69, 9.17) is 4.42 Å². The molecule has 0 saturated carbocycles. The first-order valence-electron chi connectivity index (χ1n) is 14.5. The molecule has 6 atom stereocenters. The molecule has 6 unspecified atom stereocenters. The van der Waals surface area contributed by atoms with E-state index in [0.29, 0.717) is 22.3 Å². The van der Waals surface area contributed by atoms with Crippen molar-refractivity contribution in [2.24, 2.45) is 0 Å². The van der Waals surface area contributed by atoms with E-state index in [2.05, 4.69) is 10.2 Å². The molecular weight excluding hydrogens is 572 g/mol. The summed E-state index contributed by atoms with van der Waals surface area (Å²) >= 11 is 0. The van der Waals surface area contributed by atoms with Crippen molar-refractivity contribution >= 4 is 23.6 Å². The van der Waals surface area contributed by atoms with Crippen LogP contribution in [0.5, 0.6) is 0 Å². The number of carbonyl (C=O) groups excluding carboxylic acids is 4. The Bertz CT molecular complexity index is 1850. The van der Waals surface area contributed by atoms with Gasteiger partial charge in [-0.15, -0.1) is 10.2 Å². The lowest BCUT2D eigenvalue weighted by molar-refractivity contribution is 0.0327. The molecule has 4 aliphatic rings. The number of nitrogens with zero attached hydrogens (tertiary/aromatic N) is 6. The first kappa shape index (κ1) is 25.7. The van der Waals surface area contributed by atoms with Gasteiger partial charge in [-0.25, -0.2) is 10.0 Å². The molecular formula is C34H22N6O5. The Hall–Kier alpha value is -5.78. The minimum atomic E-state index is -0.586. The number of benzene rings is 4. The average molecular weight is 595 g/mol. The SMILES string of the molecule is O=C1c2ccccc2C(=O)N1N1C(c2ccccc2)C1c1nnc(C2C(c3ccccc3)N2N2C(=O)c3ccccc3C2=O)o1. The zero-order valence-corrected chi connectivity index (χ0v) is 23.4. The number of rotatable bonds is 6. The molecule has 0 N–H and O–H groups in total. The summed E-state index contributed by atoms with van der Waals surface area (Å²) in [6.45, 7) is 0. The van der Waals surface area contributed by atoms with Gasteiger partial charge in [0.2, 0.25) is 11.8 Å². The molecule has 45 heavy (non-hydrogen) atoms. The van der Waals surface area contributed by atoms with Gasteiger partial charge in [0.15, 0.2) is 0 Å². The van der Waals surface area contributed by atoms with Crippen molar-refractivity contribution in [1.29, 1.82) is 0 Å². The van der Waals surface area contributed by atoms with E-state index in [0.717, 1.165) is 21.1 Å². The quantitative estimate of drug-likeness (QED) is 0.204. The summed E-state index contributed by atoms with van der Waals surface area (Å²) in [6, 6.07) is 30.5. The Kier molecular flexibility index (Phi) is 5.34. The summed E-state index contributed by atoms with van der Waals surface area (Å²) in [5.74, 6) is -1.22. The van der Waals surface area contributed by atoms with Crippen LogP contribution in [0.25, 0.3) is 0 Å². The lowest BCUT2D eigenvalue weighted by Crippen LogP contribution is -2.35. The maximum Gasteiger partial charge on any atom is 0.276 e. The van der Waals surface area contributed by atoms with Gasteiger partial charge in [-0.1, -0.05) is 84.9 Å². The number of aromatic nitrogens is 2. The molecule has 0 radical (unpaired) electrons. The van der Waals surface area contributed by atoms with E-state index in [9.17, 15) is 19.2 Å². The Balaban J connectivity index is 1.07. The second-order valence-electron chi connectivity index (χ2n) is 11.3. The van der Waals surface area contributed by atoms with Gasteiger partial charge in [0.05, 0.1) is 34.3 Å². The largest absolute Gasteiger partial charge is 0.422 e. The number of hydrogen-bond donors (Lipinski definition) is 0. The highest BCUT2D eigenvalue weighted by Gasteiger charge is 2.63. The lowest BCUT2D eigenvalue weighted by atomic mass is 10.1. The molecule has 9 rings (SSSR count). The highest BCUT2D eigenvalue weighted by atomic mass is 16.4. The number of carbonyl (C=O) groups is 4. The molecule has 1 aromatic heterocycles. The summed E-state index contributed by atoms with van der Waals surface area (Å²) in [5.41, 5.74) is 3.11. The highest BCUT2D eigenvalue weighted by Crippen LogP contribution is 2.59. The normalized spacial score (nSPS) is 26.3. The van der Waals surface area contributed by atoms with Crippen molar-refractivity contribution < 1.29 is 23.6 Å². The zero-order chi connectivity index (χ0) is 30.4. The molecule has 0 bridgehead atoms. The van der Waals surface area contributed by atoms with Crippen molar-refractivity contribution in [3.8, 4) is 0 Å². The third kappa shape index (κ3) is 3.65. The molecule has 5 heterocycles. The van der Waals surface area contributed by atoms with Gasteiger partial charge in [0.25, 0.3) is 23.6 Å². The van der Waals surface area contributed by atoms with E-state index in [1.54, 1.807) is 58.5 Å². The van der Waals surface area contributed by atoms with Gasteiger partial charge >= 0.3 is 0 Å². The minimum Gasteiger partial charge on any atom is -0.422 e. The van der Waals surface area contributed by atoms with Crippen molar-refractivity contribution in [1.82, 2.24) is 30.2 Å². The smallest absolute Gasteiger partial charge is 0.276 e. The maximum absolute atomic E-state index is 13.4. The summed E-state index contributed by atoms with van der Waals surface area (Å²) in [7, 11) is 0. The molecule has 218 valence electrons. The molecule has 4 aliphatic heterocycles. The Labute approximate surface area is 255 Å². The molecule has 4 aromatic carbocycles. The van der Waals surface area contributed by atoms with Crippen LogP contribution in [-0.4, -0.2) is 53.9 Å². The Morgan fingerprint density at radius 3 is 1.07 bits per heavy atom. The molecule has 0 aliphatic carbocycles. The van der Waals surface area contributed by atoms with E-state index < -0.39 is 47.8 Å². The third-order valence-corrected chi connectivity index (χ3v) is 8.81. The fraction of sp³-hybridized carbons (Fsp3) is 0.118. The third-order valence-electron chi connectivity index (χ3n) is 8.81. The Morgan fingerprint density at radius 2 is 0.733 bits per heavy atom. The first-order valence-corrected chi connectivity index (χ1v) is 14.5. The van der Waals surface area contributed by atoms with Crippen LogP contribution in [0.2, 0.25) is 0 Å². The van der Waals surface area contributed by atoms with Gasteiger partial charge in [-0.05, 0) is 35.4 Å². The summed E-state index contributed by atoms with van der Waals surface area (Å²) < 4.78 is 6.31. The van der Waals surface area contributed by atoms with Gasteiger partial charge in [0, 0.05) is 0 Å². The minimum absolute atomic E-state index is 0.219. The van der Waals surface area contributed by atoms with Gasteiger partial charge in [-0.3, -0.25) is 19.2 Å². The summed E-state index contributed by atoms with van der Waals surface area (Å²) in [5, 5.41) is 14.4. The van der Waals surface area contributed by atoms with Crippen LogP contribution in [0.4, 0.5) is 0 Å². The van der Waals surface area contributed by atoms with Gasteiger partial charge in [0.1, 0.15) is 12.1 Å². The number of amides is 4. The van der Waals surface area contributed by atoms with Crippen molar-refractivity contribution in [2.45, 2.75) is 24.2 Å². The molecule has 2 fully saturated rings. The van der Waals surface area contributed by atoms with Crippen molar-refractivity contribution in [3.63, 3.8) is 0 Å². The molecule has 11 nitrogen and oxygen atoms in total. The van der Waals surface area contributed by atoms with Crippen LogP contribution in [-0.2, 0) is 0 Å². The fourth-order valence-electron chi connectivity index (χ4n) is 6.66. The second kappa shape index (κ2) is 9.36. The van der Waals surface area contributed by atoms with Crippen LogP contribution >= 0.6 is 0 Å². The van der Waals surface area contributed by atoms with Crippen molar-refractivity contribution in [3.05, 3.63) is 154 Å². The lowest BCUT2D eigenvalue weighted by Gasteiger charge is -2.16. The summed E-state index contributed by atoms with van der Waals surface area (Å²) in [4.78, 5) is 53.7. The van der Waals surface area contributed by atoms with E-state index in [1.807, 2.05) is 60.7 Å². The number of imide groups is 2. The van der Waals surface area contributed by atoms with E-state index in [-0.39, 0.29) is 11.8 Å². The maximum atomic E-state index is 13.4. The standard InChI is InChI=1S/C34H22N6O5/c41-31-21-15-7-8-16-22(21)32(42)39(31)37-25(19-11-3-1-4-12-19)27(37)29-35-36-30(45-29)28-26(20-13-5-2-6-14-20)38(28)40-33(43)23-17-9-10-18-24(23)34(40)44/h1-18,25-28H. The molecule has 4 amide bonds. The number of hydrazine groups is 2. The van der Waals surface area contributed by atoms with Gasteiger partial charge < -0.3 is 4.42 Å². The molecule has 11 heteroatoms. The second-order valence-corrected chi connectivity index (χ2v) is 11.3. The van der Waals surface area contributed by atoms with E-state index >= 15 is 0 Å². The van der Waals surface area contributed by atoms with Crippen LogP contribution < -0.4 is 0 Å². The van der Waals surface area contributed by atoms with Crippen molar-refractivity contribution in [2.75, 3.05) is 0 Å². The van der Waals surface area contributed by atoms with Crippen LogP contribution in [0.1, 0.15) is 88.5 Å². The highest BCUT2D eigenvalue weighted by molar-refractivity contribution is 6.21. The monoisotopic (exact) mass is 594 g/mol. The van der Waals surface area contributed by atoms with Crippen LogP contribution in [0.3, 0.4) is 0 Å². The fourth-order valence-corrected chi connectivity index (χ4v) is 6.66. The van der Waals surface area contributed by atoms with Crippen LogP contribution in [0.15, 0.2) is 114 Å². The predicted octanol–water partition coefficient (Wildman–Crippen LogP) is 4.69. The number of fused-ring (bicyclic) bond motifs is 2. The van der Waals surface area contributed by atoms with Gasteiger partial charge in [-0.2, -0.15) is 10.0 Å². The first-order chi connectivity index (χ1) is 22.0. The molecule has 0 spiro atoms. The zero-order valence-electron chi connectivity index (χ0n) is 23.4. The number of hydrogen-bond acceptors (Lipinski definition) is 9. The van der Waals surface area contributed by atoms with Crippen LogP contribution in [0, 0.1) is 0 Å². The topological polar surface area (TPSA) is 120 Å². The molecule has 2 saturated heterocycles. The average Bonchev–Trinajstić information content (AvgIpc) is 3.88. The Morgan fingerprint density at radius 1 is 0.422 bits per heavy atom.